The SMILES string of the molecule is CCc1ccc(NC(=O)COC(=O)c2cccc(C)c2O)cc1. The van der Waals surface area contributed by atoms with Gasteiger partial charge in [0, 0.05) is 5.69 Å². The molecule has 0 radical (unpaired) electrons. The lowest BCUT2D eigenvalue weighted by Crippen LogP contribution is -2.21. The number of ether oxygens (including phenoxy) is 1. The Balaban J connectivity index is 1.90. The Morgan fingerprint density at radius 2 is 1.83 bits per heavy atom. The van der Waals surface area contributed by atoms with Gasteiger partial charge in [-0.25, -0.2) is 4.79 Å². The summed E-state index contributed by atoms with van der Waals surface area (Å²) in [5.41, 5.74) is 2.43. The molecule has 23 heavy (non-hydrogen) atoms. The minimum absolute atomic E-state index is 0.0464. The predicted molar refractivity (Wildman–Crippen MR) is 87.6 cm³/mol. The molecule has 1 amide bonds. The molecular weight excluding hydrogens is 294 g/mol. The number of benzene rings is 2. The number of aromatic hydroxyl groups is 1. The minimum atomic E-state index is -0.734. The molecule has 0 saturated heterocycles. The lowest BCUT2D eigenvalue weighted by Gasteiger charge is -2.09. The number of para-hydroxylation sites is 1. The molecule has 0 unspecified atom stereocenters. The van der Waals surface area contributed by atoms with E-state index in [0.29, 0.717) is 11.3 Å². The summed E-state index contributed by atoms with van der Waals surface area (Å²) in [6.45, 7) is 3.31. The van der Waals surface area contributed by atoms with E-state index in [-0.39, 0.29) is 11.3 Å². The van der Waals surface area contributed by atoms with Crippen LogP contribution in [0.1, 0.15) is 28.4 Å². The van der Waals surface area contributed by atoms with Gasteiger partial charge in [-0.05, 0) is 42.7 Å². The van der Waals surface area contributed by atoms with Gasteiger partial charge in [0.1, 0.15) is 11.3 Å². The van der Waals surface area contributed by atoms with Crippen molar-refractivity contribution >= 4 is 17.6 Å². The molecule has 0 atom stereocenters. The fourth-order valence-electron chi connectivity index (χ4n) is 2.05. The monoisotopic (exact) mass is 313 g/mol. The zero-order valence-electron chi connectivity index (χ0n) is 13.1. The molecule has 0 spiro atoms. The van der Waals surface area contributed by atoms with Crippen LogP contribution in [0.15, 0.2) is 42.5 Å². The molecule has 5 heteroatoms. The van der Waals surface area contributed by atoms with Gasteiger partial charge in [0.05, 0.1) is 0 Å². The number of anilines is 1. The van der Waals surface area contributed by atoms with Gasteiger partial charge in [-0.2, -0.15) is 0 Å². The molecule has 2 aromatic carbocycles. The Labute approximate surface area is 134 Å². The number of hydrogen-bond donors (Lipinski definition) is 2. The van der Waals surface area contributed by atoms with Gasteiger partial charge in [0.15, 0.2) is 6.61 Å². The number of phenolic OH excluding ortho intramolecular Hbond substituents is 1. The number of hydrogen-bond acceptors (Lipinski definition) is 4. The van der Waals surface area contributed by atoms with Crippen LogP contribution in [0.5, 0.6) is 5.75 Å². The summed E-state index contributed by atoms with van der Waals surface area (Å²) in [6.07, 6.45) is 0.922. The van der Waals surface area contributed by atoms with Crippen LogP contribution in [-0.4, -0.2) is 23.6 Å². The molecule has 0 aliphatic heterocycles. The first-order valence-electron chi connectivity index (χ1n) is 7.35. The van der Waals surface area contributed by atoms with E-state index in [1.807, 2.05) is 19.1 Å². The van der Waals surface area contributed by atoms with Crippen molar-refractivity contribution in [3.05, 3.63) is 59.2 Å². The Hall–Kier alpha value is -2.82. The number of carbonyl (C=O) groups excluding carboxylic acids is 2. The summed E-state index contributed by atoms with van der Waals surface area (Å²) in [4.78, 5) is 23.7. The Bertz CT molecular complexity index is 707. The molecule has 0 saturated carbocycles. The molecule has 120 valence electrons. The number of esters is 1. The summed E-state index contributed by atoms with van der Waals surface area (Å²) >= 11 is 0. The maximum absolute atomic E-state index is 11.9. The van der Waals surface area contributed by atoms with Gasteiger partial charge < -0.3 is 15.2 Å². The van der Waals surface area contributed by atoms with Crippen LogP contribution >= 0.6 is 0 Å². The number of carbonyl (C=O) groups is 2. The van der Waals surface area contributed by atoms with Crippen molar-refractivity contribution in [2.24, 2.45) is 0 Å². The first-order valence-corrected chi connectivity index (χ1v) is 7.35. The summed E-state index contributed by atoms with van der Waals surface area (Å²) in [7, 11) is 0. The summed E-state index contributed by atoms with van der Waals surface area (Å²) in [5, 5.41) is 12.5. The number of aryl methyl sites for hydroxylation is 2. The molecule has 0 aliphatic rings. The highest BCUT2D eigenvalue weighted by Crippen LogP contribution is 2.22. The van der Waals surface area contributed by atoms with Crippen molar-refractivity contribution in [3.8, 4) is 5.75 Å². The third-order valence-electron chi connectivity index (χ3n) is 3.44. The topological polar surface area (TPSA) is 75.6 Å². The lowest BCUT2D eigenvalue weighted by molar-refractivity contribution is -0.119. The second-order valence-electron chi connectivity index (χ2n) is 5.15. The minimum Gasteiger partial charge on any atom is -0.507 e. The number of phenols is 1. The van der Waals surface area contributed by atoms with Gasteiger partial charge in [-0.15, -0.1) is 0 Å². The zero-order valence-corrected chi connectivity index (χ0v) is 13.1. The maximum atomic E-state index is 11.9. The average Bonchev–Trinajstić information content (AvgIpc) is 2.56. The highest BCUT2D eigenvalue weighted by Gasteiger charge is 2.15. The molecule has 0 fully saturated rings. The van der Waals surface area contributed by atoms with E-state index in [1.54, 1.807) is 31.2 Å². The maximum Gasteiger partial charge on any atom is 0.342 e. The lowest BCUT2D eigenvalue weighted by atomic mass is 10.1. The zero-order chi connectivity index (χ0) is 16.8. The van der Waals surface area contributed by atoms with E-state index >= 15 is 0 Å². The Kier molecular flexibility index (Phi) is 5.36. The predicted octanol–water partition coefficient (Wildman–Crippen LogP) is 3.06. The highest BCUT2D eigenvalue weighted by atomic mass is 16.5. The van der Waals surface area contributed by atoms with E-state index in [0.717, 1.165) is 6.42 Å². The van der Waals surface area contributed by atoms with E-state index in [9.17, 15) is 14.7 Å². The van der Waals surface area contributed by atoms with E-state index in [4.69, 9.17) is 4.74 Å². The molecule has 5 nitrogen and oxygen atoms in total. The number of rotatable bonds is 5. The van der Waals surface area contributed by atoms with Crippen LogP contribution in [0.4, 0.5) is 5.69 Å². The van der Waals surface area contributed by atoms with Gasteiger partial charge in [-0.3, -0.25) is 4.79 Å². The Morgan fingerprint density at radius 3 is 2.48 bits per heavy atom. The van der Waals surface area contributed by atoms with Crippen LogP contribution in [0.25, 0.3) is 0 Å². The van der Waals surface area contributed by atoms with Crippen LogP contribution in [0.3, 0.4) is 0 Å². The normalized spacial score (nSPS) is 10.2. The van der Waals surface area contributed by atoms with Gasteiger partial charge >= 0.3 is 5.97 Å². The van der Waals surface area contributed by atoms with E-state index in [1.165, 1.54) is 11.6 Å². The average molecular weight is 313 g/mol. The number of amides is 1. The first-order chi connectivity index (χ1) is 11.0. The fraction of sp³-hybridized carbons (Fsp3) is 0.222. The van der Waals surface area contributed by atoms with Crippen LogP contribution in [0, 0.1) is 6.92 Å². The smallest absolute Gasteiger partial charge is 0.342 e. The van der Waals surface area contributed by atoms with E-state index in [2.05, 4.69) is 5.32 Å². The molecule has 0 aliphatic carbocycles. The summed E-state index contributed by atoms with van der Waals surface area (Å²) < 4.78 is 4.93. The van der Waals surface area contributed by atoms with Crippen molar-refractivity contribution in [2.45, 2.75) is 20.3 Å². The van der Waals surface area contributed by atoms with Crippen molar-refractivity contribution in [3.63, 3.8) is 0 Å². The van der Waals surface area contributed by atoms with Crippen LogP contribution in [-0.2, 0) is 16.0 Å². The summed E-state index contributed by atoms with van der Waals surface area (Å²) in [5.74, 6) is -1.30. The van der Waals surface area contributed by atoms with Gasteiger partial charge in [-0.1, -0.05) is 31.2 Å². The largest absolute Gasteiger partial charge is 0.507 e. The molecule has 0 aromatic heterocycles. The highest BCUT2D eigenvalue weighted by molar-refractivity contribution is 5.96. The Morgan fingerprint density at radius 1 is 1.13 bits per heavy atom. The van der Waals surface area contributed by atoms with Crippen molar-refractivity contribution in [2.75, 3.05) is 11.9 Å². The third-order valence-corrected chi connectivity index (χ3v) is 3.44. The molecule has 0 bridgehead atoms. The van der Waals surface area contributed by atoms with Crippen molar-refractivity contribution in [1.29, 1.82) is 0 Å². The molecule has 2 aromatic rings. The molecule has 2 N–H and O–H groups in total. The standard InChI is InChI=1S/C18H19NO4/c1-3-13-7-9-14(10-8-13)19-16(20)11-23-18(22)15-6-4-5-12(2)17(15)21/h4-10,21H,3,11H2,1-2H3,(H,19,20). The fourth-order valence-corrected chi connectivity index (χ4v) is 2.05. The summed E-state index contributed by atoms with van der Waals surface area (Å²) in [6, 6.07) is 12.2. The third kappa shape index (κ3) is 4.32. The molecular formula is C18H19NO4. The van der Waals surface area contributed by atoms with E-state index < -0.39 is 18.5 Å². The molecule has 2 rings (SSSR count). The molecule has 0 heterocycles. The second kappa shape index (κ2) is 7.45. The van der Waals surface area contributed by atoms with Gasteiger partial charge in [0.2, 0.25) is 0 Å². The van der Waals surface area contributed by atoms with Crippen molar-refractivity contribution in [1.82, 2.24) is 0 Å². The van der Waals surface area contributed by atoms with Crippen molar-refractivity contribution < 1.29 is 19.4 Å². The van der Waals surface area contributed by atoms with Gasteiger partial charge in [0.25, 0.3) is 5.91 Å². The second-order valence-corrected chi connectivity index (χ2v) is 5.15. The number of nitrogens with one attached hydrogen (secondary N) is 1. The quantitative estimate of drug-likeness (QED) is 0.832. The van der Waals surface area contributed by atoms with Crippen LogP contribution in [0.2, 0.25) is 0 Å². The van der Waals surface area contributed by atoms with Crippen LogP contribution < -0.4 is 5.32 Å². The first kappa shape index (κ1) is 16.5.